The third-order valence-corrected chi connectivity index (χ3v) is 3.63. The van der Waals surface area contributed by atoms with Gasteiger partial charge >= 0.3 is 0 Å². The Bertz CT molecular complexity index is 454. The Morgan fingerprint density at radius 1 is 1.47 bits per heavy atom. The van der Waals surface area contributed by atoms with Gasteiger partial charge in [0.25, 0.3) is 0 Å². The monoisotopic (exact) mass is 234 g/mol. The summed E-state index contributed by atoms with van der Waals surface area (Å²) in [6, 6.07) is 1.66. The Morgan fingerprint density at radius 2 is 2.18 bits per heavy atom. The minimum Gasteiger partial charge on any atom is -0.469 e. The molecule has 1 aromatic heterocycles. The largest absolute Gasteiger partial charge is 0.469 e. The first-order chi connectivity index (χ1) is 7.91. The van der Waals surface area contributed by atoms with Crippen molar-refractivity contribution in [3.8, 4) is 0 Å². The molecule has 0 N–H and O–H groups in total. The SMILES string of the molecule is Cc1occc1C(=O)C1CC(C)(C)CCC1=O. The number of furan rings is 1. The lowest BCUT2D eigenvalue weighted by Crippen LogP contribution is -2.35. The van der Waals surface area contributed by atoms with Crippen molar-refractivity contribution in [2.24, 2.45) is 11.3 Å². The third-order valence-electron chi connectivity index (χ3n) is 3.63. The molecule has 3 heteroatoms. The fourth-order valence-electron chi connectivity index (χ4n) is 2.47. The van der Waals surface area contributed by atoms with Crippen LogP contribution in [0.15, 0.2) is 16.7 Å². The van der Waals surface area contributed by atoms with Gasteiger partial charge in [0.1, 0.15) is 11.5 Å². The average Bonchev–Trinajstić information content (AvgIpc) is 2.67. The van der Waals surface area contributed by atoms with Crippen LogP contribution in [0.1, 0.15) is 49.2 Å². The summed E-state index contributed by atoms with van der Waals surface area (Å²) in [5, 5.41) is 0. The van der Waals surface area contributed by atoms with Gasteiger partial charge in [0, 0.05) is 6.42 Å². The summed E-state index contributed by atoms with van der Waals surface area (Å²) in [6.45, 7) is 5.98. The molecule has 92 valence electrons. The molecule has 3 nitrogen and oxygen atoms in total. The van der Waals surface area contributed by atoms with Crippen molar-refractivity contribution < 1.29 is 14.0 Å². The Morgan fingerprint density at radius 3 is 2.76 bits per heavy atom. The van der Waals surface area contributed by atoms with Gasteiger partial charge in [-0.3, -0.25) is 9.59 Å². The van der Waals surface area contributed by atoms with E-state index in [-0.39, 0.29) is 17.0 Å². The van der Waals surface area contributed by atoms with Crippen molar-refractivity contribution in [1.29, 1.82) is 0 Å². The van der Waals surface area contributed by atoms with Gasteiger partial charge in [-0.15, -0.1) is 0 Å². The molecule has 1 unspecified atom stereocenters. The van der Waals surface area contributed by atoms with Crippen LogP contribution in [0.4, 0.5) is 0 Å². The van der Waals surface area contributed by atoms with E-state index in [4.69, 9.17) is 4.42 Å². The summed E-state index contributed by atoms with van der Waals surface area (Å²) >= 11 is 0. The molecule has 0 saturated heterocycles. The molecule has 1 fully saturated rings. The molecule has 2 rings (SSSR count). The maximum atomic E-state index is 12.3. The van der Waals surface area contributed by atoms with Gasteiger partial charge in [-0.1, -0.05) is 13.8 Å². The molecule has 1 saturated carbocycles. The number of rotatable bonds is 2. The molecule has 0 aromatic carbocycles. The van der Waals surface area contributed by atoms with E-state index >= 15 is 0 Å². The predicted octanol–water partition coefficient (Wildman–Crippen LogP) is 3.17. The second kappa shape index (κ2) is 4.13. The van der Waals surface area contributed by atoms with Crippen molar-refractivity contribution in [1.82, 2.24) is 0 Å². The van der Waals surface area contributed by atoms with Crippen LogP contribution in [-0.2, 0) is 4.79 Å². The van der Waals surface area contributed by atoms with Gasteiger partial charge < -0.3 is 4.42 Å². The minimum atomic E-state index is -0.477. The number of carbonyl (C=O) groups is 2. The van der Waals surface area contributed by atoms with Crippen LogP contribution in [-0.4, -0.2) is 11.6 Å². The molecular formula is C14H18O3. The molecular weight excluding hydrogens is 216 g/mol. The zero-order valence-electron chi connectivity index (χ0n) is 10.6. The molecule has 1 aromatic rings. The maximum absolute atomic E-state index is 12.3. The molecule has 0 spiro atoms. The second-order valence-corrected chi connectivity index (χ2v) is 5.64. The molecule has 0 amide bonds. The highest BCUT2D eigenvalue weighted by molar-refractivity contribution is 6.11. The molecule has 1 aliphatic carbocycles. The quantitative estimate of drug-likeness (QED) is 0.583. The van der Waals surface area contributed by atoms with Gasteiger partial charge in [0.2, 0.25) is 0 Å². The van der Waals surface area contributed by atoms with E-state index in [0.717, 1.165) is 6.42 Å². The highest BCUT2D eigenvalue weighted by Gasteiger charge is 2.38. The Labute approximate surface area is 101 Å². The maximum Gasteiger partial charge on any atom is 0.176 e. The summed E-state index contributed by atoms with van der Waals surface area (Å²) in [5.74, 6) is 0.130. The lowest BCUT2D eigenvalue weighted by molar-refractivity contribution is -0.125. The lowest BCUT2D eigenvalue weighted by atomic mass is 9.69. The van der Waals surface area contributed by atoms with Crippen LogP contribution in [0, 0.1) is 18.3 Å². The van der Waals surface area contributed by atoms with Crippen LogP contribution < -0.4 is 0 Å². The summed E-state index contributed by atoms with van der Waals surface area (Å²) in [5.41, 5.74) is 0.632. The summed E-state index contributed by atoms with van der Waals surface area (Å²) in [6.07, 6.45) is 3.54. The number of carbonyl (C=O) groups excluding carboxylic acids is 2. The predicted molar refractivity (Wildman–Crippen MR) is 63.9 cm³/mol. The fraction of sp³-hybridized carbons (Fsp3) is 0.571. The van der Waals surface area contributed by atoms with E-state index in [0.29, 0.717) is 24.2 Å². The van der Waals surface area contributed by atoms with Gasteiger partial charge in [0.15, 0.2) is 5.78 Å². The van der Waals surface area contributed by atoms with Crippen LogP contribution in [0.5, 0.6) is 0 Å². The average molecular weight is 234 g/mol. The standard InChI is InChI=1S/C14H18O3/c1-9-10(5-7-17-9)13(16)11-8-14(2,3)6-4-12(11)15/h5,7,11H,4,6,8H2,1-3H3. The molecule has 0 radical (unpaired) electrons. The topological polar surface area (TPSA) is 47.3 Å². The Hall–Kier alpha value is -1.38. The van der Waals surface area contributed by atoms with Gasteiger partial charge in [0.05, 0.1) is 17.7 Å². The van der Waals surface area contributed by atoms with E-state index in [1.54, 1.807) is 13.0 Å². The van der Waals surface area contributed by atoms with Crippen LogP contribution in [0.3, 0.4) is 0 Å². The van der Waals surface area contributed by atoms with Crippen LogP contribution >= 0.6 is 0 Å². The first kappa shape index (κ1) is 12.1. The van der Waals surface area contributed by atoms with Crippen LogP contribution in [0.25, 0.3) is 0 Å². The smallest absolute Gasteiger partial charge is 0.176 e. The Kier molecular flexibility index (Phi) is 2.94. The molecule has 1 atom stereocenters. The first-order valence-electron chi connectivity index (χ1n) is 6.02. The van der Waals surface area contributed by atoms with Gasteiger partial charge in [-0.2, -0.15) is 0 Å². The number of ketones is 2. The van der Waals surface area contributed by atoms with Crippen molar-refractivity contribution >= 4 is 11.6 Å². The van der Waals surface area contributed by atoms with E-state index in [9.17, 15) is 9.59 Å². The zero-order chi connectivity index (χ0) is 12.6. The van der Waals surface area contributed by atoms with Crippen LogP contribution in [0.2, 0.25) is 0 Å². The Balaban J connectivity index is 2.24. The normalized spacial score (nSPS) is 23.7. The first-order valence-corrected chi connectivity index (χ1v) is 6.02. The highest BCUT2D eigenvalue weighted by atomic mass is 16.3. The van der Waals surface area contributed by atoms with Crippen molar-refractivity contribution in [3.63, 3.8) is 0 Å². The minimum absolute atomic E-state index is 0.0750. The molecule has 0 aliphatic heterocycles. The molecule has 17 heavy (non-hydrogen) atoms. The summed E-state index contributed by atoms with van der Waals surface area (Å²) in [7, 11) is 0. The van der Waals surface area contributed by atoms with E-state index in [1.807, 2.05) is 0 Å². The fourth-order valence-corrected chi connectivity index (χ4v) is 2.47. The van der Waals surface area contributed by atoms with E-state index < -0.39 is 5.92 Å². The number of aryl methyl sites for hydroxylation is 1. The van der Waals surface area contributed by atoms with Crippen molar-refractivity contribution in [2.75, 3.05) is 0 Å². The van der Waals surface area contributed by atoms with E-state index in [1.165, 1.54) is 6.26 Å². The van der Waals surface area contributed by atoms with Crippen molar-refractivity contribution in [3.05, 3.63) is 23.7 Å². The number of Topliss-reactive ketones (excluding diaryl/α,β-unsaturated/α-hetero) is 2. The third kappa shape index (κ3) is 2.33. The van der Waals surface area contributed by atoms with Gasteiger partial charge in [-0.25, -0.2) is 0 Å². The summed E-state index contributed by atoms with van der Waals surface area (Å²) < 4.78 is 5.13. The zero-order valence-corrected chi connectivity index (χ0v) is 10.6. The summed E-state index contributed by atoms with van der Waals surface area (Å²) in [4.78, 5) is 24.2. The second-order valence-electron chi connectivity index (χ2n) is 5.64. The van der Waals surface area contributed by atoms with Gasteiger partial charge in [-0.05, 0) is 31.2 Å². The molecule has 1 aliphatic rings. The molecule has 0 bridgehead atoms. The highest BCUT2D eigenvalue weighted by Crippen LogP contribution is 2.38. The number of hydrogen-bond donors (Lipinski definition) is 0. The van der Waals surface area contributed by atoms with Crippen molar-refractivity contribution in [2.45, 2.75) is 40.0 Å². The van der Waals surface area contributed by atoms with E-state index in [2.05, 4.69) is 13.8 Å². The molecule has 1 heterocycles. The number of hydrogen-bond acceptors (Lipinski definition) is 3. The lowest BCUT2D eigenvalue weighted by Gasteiger charge is -2.33.